The van der Waals surface area contributed by atoms with Crippen molar-refractivity contribution < 1.29 is 5.11 Å². The van der Waals surface area contributed by atoms with Crippen LogP contribution in [0, 0.1) is 0 Å². The van der Waals surface area contributed by atoms with Crippen LogP contribution in [0.5, 0.6) is 0 Å². The van der Waals surface area contributed by atoms with Gasteiger partial charge in [0.1, 0.15) is 0 Å². The SMILES string of the molecule is CCc1nn(C)c(CSC(C)CO)c1Cl. The summed E-state index contributed by atoms with van der Waals surface area (Å²) in [5.74, 6) is 0.796. The van der Waals surface area contributed by atoms with Gasteiger partial charge in [0.05, 0.1) is 23.0 Å². The van der Waals surface area contributed by atoms with Crippen LogP contribution >= 0.6 is 23.4 Å². The molecule has 0 spiro atoms. The zero-order valence-electron chi connectivity index (χ0n) is 9.33. The maximum absolute atomic E-state index is 8.93. The second kappa shape index (κ2) is 5.77. The van der Waals surface area contributed by atoms with Gasteiger partial charge in [-0.15, -0.1) is 11.8 Å². The Morgan fingerprint density at radius 3 is 2.73 bits per heavy atom. The lowest BCUT2D eigenvalue weighted by Gasteiger charge is -2.07. The van der Waals surface area contributed by atoms with E-state index in [0.29, 0.717) is 0 Å². The average molecular weight is 249 g/mol. The molecule has 0 amide bonds. The number of aryl methyl sites for hydroxylation is 2. The van der Waals surface area contributed by atoms with Gasteiger partial charge in [-0.25, -0.2) is 0 Å². The molecule has 1 unspecified atom stereocenters. The van der Waals surface area contributed by atoms with E-state index in [1.54, 1.807) is 11.8 Å². The smallest absolute Gasteiger partial charge is 0.0858 e. The number of hydrogen-bond acceptors (Lipinski definition) is 3. The number of hydrogen-bond donors (Lipinski definition) is 1. The quantitative estimate of drug-likeness (QED) is 0.869. The summed E-state index contributed by atoms with van der Waals surface area (Å²) >= 11 is 7.88. The molecule has 1 aromatic heterocycles. The maximum Gasteiger partial charge on any atom is 0.0858 e. The van der Waals surface area contributed by atoms with Crippen LogP contribution in [0.25, 0.3) is 0 Å². The zero-order chi connectivity index (χ0) is 11.4. The highest BCUT2D eigenvalue weighted by Crippen LogP contribution is 2.26. The molecule has 0 bridgehead atoms. The molecule has 0 aliphatic carbocycles. The van der Waals surface area contributed by atoms with Crippen LogP contribution in [-0.4, -0.2) is 26.7 Å². The molecule has 0 saturated heterocycles. The van der Waals surface area contributed by atoms with Crippen LogP contribution in [0.1, 0.15) is 25.2 Å². The van der Waals surface area contributed by atoms with Gasteiger partial charge >= 0.3 is 0 Å². The Balaban J connectivity index is 2.72. The molecule has 1 aromatic rings. The van der Waals surface area contributed by atoms with Crippen molar-refractivity contribution in [2.24, 2.45) is 7.05 Å². The van der Waals surface area contributed by atoms with E-state index in [2.05, 4.69) is 5.10 Å². The van der Waals surface area contributed by atoms with E-state index in [1.807, 2.05) is 25.6 Å². The summed E-state index contributed by atoms with van der Waals surface area (Å²) in [5.41, 5.74) is 1.99. The monoisotopic (exact) mass is 248 g/mol. The topological polar surface area (TPSA) is 38.0 Å². The first-order valence-electron chi connectivity index (χ1n) is 5.02. The van der Waals surface area contributed by atoms with Crippen molar-refractivity contribution in [3.05, 3.63) is 16.4 Å². The van der Waals surface area contributed by atoms with Gasteiger partial charge in [0.2, 0.25) is 0 Å². The molecule has 3 nitrogen and oxygen atoms in total. The van der Waals surface area contributed by atoms with Gasteiger partial charge in [-0.2, -0.15) is 5.10 Å². The van der Waals surface area contributed by atoms with Crippen molar-refractivity contribution >= 4 is 23.4 Å². The molecule has 1 heterocycles. The number of halogens is 1. The van der Waals surface area contributed by atoms with Crippen molar-refractivity contribution in [1.29, 1.82) is 0 Å². The first-order chi connectivity index (χ1) is 7.10. The molecule has 0 aliphatic heterocycles. The summed E-state index contributed by atoms with van der Waals surface area (Å²) in [6.45, 7) is 4.23. The Hall–Kier alpha value is -0.190. The van der Waals surface area contributed by atoms with Gasteiger partial charge in [-0.1, -0.05) is 25.4 Å². The Bertz CT molecular complexity index is 327. The average Bonchev–Trinajstić information content (AvgIpc) is 2.51. The van der Waals surface area contributed by atoms with E-state index >= 15 is 0 Å². The van der Waals surface area contributed by atoms with Crippen LogP contribution in [0.4, 0.5) is 0 Å². The van der Waals surface area contributed by atoms with Gasteiger partial charge in [0, 0.05) is 18.1 Å². The van der Waals surface area contributed by atoms with E-state index in [4.69, 9.17) is 16.7 Å². The molecule has 0 saturated carbocycles. The Morgan fingerprint density at radius 1 is 1.60 bits per heavy atom. The van der Waals surface area contributed by atoms with Crippen molar-refractivity contribution in [3.63, 3.8) is 0 Å². The second-order valence-electron chi connectivity index (χ2n) is 3.49. The minimum Gasteiger partial charge on any atom is -0.395 e. The largest absolute Gasteiger partial charge is 0.395 e. The van der Waals surface area contributed by atoms with E-state index < -0.39 is 0 Å². The fraction of sp³-hybridized carbons (Fsp3) is 0.700. The zero-order valence-corrected chi connectivity index (χ0v) is 10.9. The molecule has 1 rings (SSSR count). The number of rotatable bonds is 5. The van der Waals surface area contributed by atoms with Crippen LogP contribution < -0.4 is 0 Å². The number of aromatic nitrogens is 2. The second-order valence-corrected chi connectivity index (χ2v) is 5.29. The summed E-state index contributed by atoms with van der Waals surface area (Å²) in [5, 5.41) is 14.3. The predicted molar refractivity (Wildman–Crippen MR) is 65.4 cm³/mol. The molecule has 15 heavy (non-hydrogen) atoms. The minimum absolute atomic E-state index is 0.195. The lowest BCUT2D eigenvalue weighted by molar-refractivity contribution is 0.300. The highest BCUT2D eigenvalue weighted by molar-refractivity contribution is 7.99. The molecular weight excluding hydrogens is 232 g/mol. The molecule has 0 aromatic carbocycles. The van der Waals surface area contributed by atoms with E-state index in [0.717, 1.165) is 28.6 Å². The van der Waals surface area contributed by atoms with Gasteiger partial charge in [0.15, 0.2) is 0 Å². The minimum atomic E-state index is 0.195. The lowest BCUT2D eigenvalue weighted by atomic mass is 10.3. The first kappa shape index (κ1) is 12.9. The summed E-state index contributed by atoms with van der Waals surface area (Å²) < 4.78 is 1.83. The summed E-state index contributed by atoms with van der Waals surface area (Å²) in [7, 11) is 1.91. The lowest BCUT2D eigenvalue weighted by Crippen LogP contribution is -2.04. The predicted octanol–water partition coefficient (Wildman–Crippen LogP) is 2.25. The highest BCUT2D eigenvalue weighted by Gasteiger charge is 2.13. The molecule has 86 valence electrons. The molecule has 0 fully saturated rings. The molecule has 0 aliphatic rings. The van der Waals surface area contributed by atoms with Crippen molar-refractivity contribution in [2.75, 3.05) is 6.61 Å². The Labute approximate surface area is 99.8 Å². The van der Waals surface area contributed by atoms with Gasteiger partial charge in [0.25, 0.3) is 0 Å². The number of nitrogens with zero attached hydrogens (tertiary/aromatic N) is 2. The summed E-state index contributed by atoms with van der Waals surface area (Å²) in [6.07, 6.45) is 0.854. The van der Waals surface area contributed by atoms with E-state index in [-0.39, 0.29) is 11.9 Å². The van der Waals surface area contributed by atoms with Gasteiger partial charge in [-0.05, 0) is 6.42 Å². The number of thioether (sulfide) groups is 1. The van der Waals surface area contributed by atoms with Crippen molar-refractivity contribution in [1.82, 2.24) is 9.78 Å². The molecule has 0 radical (unpaired) electrons. The van der Waals surface area contributed by atoms with Crippen LogP contribution in [-0.2, 0) is 19.2 Å². The van der Waals surface area contributed by atoms with Crippen LogP contribution in [0.3, 0.4) is 0 Å². The summed E-state index contributed by atoms with van der Waals surface area (Å²) in [6, 6.07) is 0. The molecule has 1 atom stereocenters. The van der Waals surface area contributed by atoms with Gasteiger partial charge in [-0.3, -0.25) is 4.68 Å². The Kier molecular flexibility index (Phi) is 4.96. The Morgan fingerprint density at radius 2 is 2.27 bits per heavy atom. The number of aliphatic hydroxyl groups is 1. The number of aliphatic hydroxyl groups excluding tert-OH is 1. The standard InChI is InChI=1S/C10H17ClN2OS/c1-4-8-10(11)9(13(3)12-8)6-15-7(2)5-14/h7,14H,4-6H2,1-3H3. The maximum atomic E-state index is 8.93. The fourth-order valence-corrected chi connectivity index (χ4v) is 2.57. The molecule has 1 N–H and O–H groups in total. The normalized spacial score (nSPS) is 13.1. The van der Waals surface area contributed by atoms with E-state index in [1.165, 1.54) is 0 Å². The molecule has 5 heteroatoms. The third-order valence-electron chi connectivity index (χ3n) is 2.26. The third-order valence-corrected chi connectivity index (χ3v) is 3.86. The molecular formula is C10H17ClN2OS. The summed E-state index contributed by atoms with van der Waals surface area (Å²) in [4.78, 5) is 0. The van der Waals surface area contributed by atoms with Crippen LogP contribution in [0.15, 0.2) is 0 Å². The first-order valence-corrected chi connectivity index (χ1v) is 6.45. The third kappa shape index (κ3) is 3.13. The highest BCUT2D eigenvalue weighted by atomic mass is 35.5. The van der Waals surface area contributed by atoms with E-state index in [9.17, 15) is 0 Å². The van der Waals surface area contributed by atoms with Crippen LogP contribution in [0.2, 0.25) is 5.02 Å². The van der Waals surface area contributed by atoms with Gasteiger partial charge < -0.3 is 5.11 Å². The fourth-order valence-electron chi connectivity index (χ4n) is 1.25. The van der Waals surface area contributed by atoms with Crippen molar-refractivity contribution in [2.45, 2.75) is 31.3 Å². The van der Waals surface area contributed by atoms with Crippen molar-refractivity contribution in [3.8, 4) is 0 Å².